The normalized spacial score (nSPS) is 15.4. The third-order valence-electron chi connectivity index (χ3n) is 3.48. The number of carboxylic acid groups (broad SMARTS) is 1. The Bertz CT molecular complexity index is 491. The van der Waals surface area contributed by atoms with Crippen molar-refractivity contribution in [2.24, 2.45) is 5.41 Å². The van der Waals surface area contributed by atoms with Crippen molar-refractivity contribution in [1.29, 1.82) is 0 Å². The Morgan fingerprint density at radius 3 is 2.45 bits per heavy atom. The first-order chi connectivity index (χ1) is 9.57. The number of hydrogen-bond donors (Lipinski definition) is 2. The molecule has 1 aromatic carbocycles. The van der Waals surface area contributed by atoms with Crippen LogP contribution in [0.5, 0.6) is 5.75 Å². The Balaban J connectivity index is 1.88. The Morgan fingerprint density at radius 2 is 1.95 bits per heavy atom. The van der Waals surface area contributed by atoms with Crippen molar-refractivity contribution < 1.29 is 19.4 Å². The first kappa shape index (κ1) is 14.4. The minimum absolute atomic E-state index is 0.190. The molecule has 1 saturated carbocycles. The largest absolute Gasteiger partial charge is 0.494 e. The summed E-state index contributed by atoms with van der Waals surface area (Å²) in [6, 6.07) is 6.85. The highest BCUT2D eigenvalue weighted by Crippen LogP contribution is 2.45. The van der Waals surface area contributed by atoms with E-state index in [1.165, 1.54) is 0 Å². The van der Waals surface area contributed by atoms with Crippen molar-refractivity contribution >= 4 is 11.9 Å². The third kappa shape index (κ3) is 3.29. The summed E-state index contributed by atoms with van der Waals surface area (Å²) >= 11 is 0. The van der Waals surface area contributed by atoms with Crippen LogP contribution < -0.4 is 10.1 Å². The van der Waals surface area contributed by atoms with Gasteiger partial charge < -0.3 is 15.2 Å². The van der Waals surface area contributed by atoms with Gasteiger partial charge in [-0.15, -0.1) is 0 Å². The number of carbonyl (C=O) groups is 2. The summed E-state index contributed by atoms with van der Waals surface area (Å²) in [4.78, 5) is 22.9. The molecule has 2 N–H and O–H groups in total. The van der Waals surface area contributed by atoms with Crippen molar-refractivity contribution in [2.45, 2.75) is 26.2 Å². The average molecular weight is 277 g/mol. The first-order valence-corrected chi connectivity index (χ1v) is 6.82. The summed E-state index contributed by atoms with van der Waals surface area (Å²) in [7, 11) is 0. The average Bonchev–Trinajstić information content (AvgIpc) is 3.24. The maximum atomic E-state index is 11.9. The number of rotatable bonds is 7. The van der Waals surface area contributed by atoms with Crippen LogP contribution in [0.2, 0.25) is 0 Å². The molecule has 1 aliphatic carbocycles. The number of carboxylic acids is 1. The van der Waals surface area contributed by atoms with Crippen molar-refractivity contribution in [2.75, 3.05) is 13.2 Å². The second kappa shape index (κ2) is 5.94. The number of ether oxygens (including phenoxy) is 1. The van der Waals surface area contributed by atoms with E-state index >= 15 is 0 Å². The standard InChI is InChI=1S/C15H19NO4/c1-2-9-20-12-5-3-11(4-6-12)13(17)16-10-15(7-8-15)14(18)19/h3-6H,2,7-10H2,1H3,(H,16,17)(H,18,19). The van der Waals surface area contributed by atoms with E-state index in [1.54, 1.807) is 24.3 Å². The molecule has 1 aliphatic rings. The van der Waals surface area contributed by atoms with Crippen molar-refractivity contribution in [1.82, 2.24) is 5.32 Å². The van der Waals surface area contributed by atoms with Gasteiger partial charge in [0, 0.05) is 12.1 Å². The molecule has 0 saturated heterocycles. The summed E-state index contributed by atoms with van der Waals surface area (Å²) in [6.07, 6.45) is 2.19. The highest BCUT2D eigenvalue weighted by atomic mass is 16.5. The summed E-state index contributed by atoms with van der Waals surface area (Å²) < 4.78 is 5.44. The quantitative estimate of drug-likeness (QED) is 0.800. The molecular weight excluding hydrogens is 258 g/mol. The molecule has 108 valence electrons. The van der Waals surface area contributed by atoms with Gasteiger partial charge in [-0.05, 0) is 43.5 Å². The molecule has 5 nitrogen and oxygen atoms in total. The molecule has 1 amide bonds. The minimum atomic E-state index is -0.832. The van der Waals surface area contributed by atoms with Gasteiger partial charge in [-0.3, -0.25) is 9.59 Å². The molecule has 0 aromatic heterocycles. The molecule has 0 atom stereocenters. The fourth-order valence-corrected chi connectivity index (χ4v) is 1.89. The van der Waals surface area contributed by atoms with Gasteiger partial charge in [0.05, 0.1) is 12.0 Å². The van der Waals surface area contributed by atoms with Crippen molar-refractivity contribution in [3.63, 3.8) is 0 Å². The van der Waals surface area contributed by atoms with Gasteiger partial charge in [-0.25, -0.2) is 0 Å². The Kier molecular flexibility index (Phi) is 4.27. The fraction of sp³-hybridized carbons (Fsp3) is 0.467. The molecule has 2 rings (SSSR count). The predicted octanol–water partition coefficient (Wildman–Crippen LogP) is 2.07. The van der Waals surface area contributed by atoms with E-state index in [4.69, 9.17) is 9.84 Å². The van der Waals surface area contributed by atoms with Gasteiger partial charge in [-0.1, -0.05) is 6.92 Å². The van der Waals surface area contributed by atoms with Crippen LogP contribution in [-0.2, 0) is 4.79 Å². The van der Waals surface area contributed by atoms with Crippen LogP contribution in [0.3, 0.4) is 0 Å². The molecular formula is C15H19NO4. The van der Waals surface area contributed by atoms with Crippen LogP contribution >= 0.6 is 0 Å². The van der Waals surface area contributed by atoms with Crippen LogP contribution in [0.1, 0.15) is 36.5 Å². The van der Waals surface area contributed by atoms with Gasteiger partial charge >= 0.3 is 5.97 Å². The molecule has 0 bridgehead atoms. The maximum Gasteiger partial charge on any atom is 0.311 e. The molecule has 20 heavy (non-hydrogen) atoms. The topological polar surface area (TPSA) is 75.6 Å². The van der Waals surface area contributed by atoms with Gasteiger partial charge in [0.25, 0.3) is 5.91 Å². The second-order valence-corrected chi connectivity index (χ2v) is 5.14. The van der Waals surface area contributed by atoms with Crippen LogP contribution in [0, 0.1) is 5.41 Å². The number of aliphatic carboxylic acids is 1. The monoisotopic (exact) mass is 277 g/mol. The SMILES string of the molecule is CCCOc1ccc(C(=O)NCC2(C(=O)O)CC2)cc1. The van der Waals surface area contributed by atoms with Crippen molar-refractivity contribution in [3.05, 3.63) is 29.8 Å². The van der Waals surface area contributed by atoms with Gasteiger partial charge in [-0.2, -0.15) is 0 Å². The zero-order chi connectivity index (χ0) is 14.6. The number of hydrogen-bond acceptors (Lipinski definition) is 3. The smallest absolute Gasteiger partial charge is 0.311 e. The first-order valence-electron chi connectivity index (χ1n) is 6.82. The highest BCUT2D eigenvalue weighted by molar-refractivity contribution is 5.94. The summed E-state index contributed by atoms with van der Waals surface area (Å²) in [5, 5.41) is 11.7. The van der Waals surface area contributed by atoms with Gasteiger partial charge in [0.2, 0.25) is 0 Å². The summed E-state index contributed by atoms with van der Waals surface area (Å²) in [5.41, 5.74) is -0.227. The maximum absolute atomic E-state index is 11.9. The second-order valence-electron chi connectivity index (χ2n) is 5.14. The number of amides is 1. The van der Waals surface area contributed by atoms with Gasteiger partial charge in [0.1, 0.15) is 5.75 Å². The van der Waals surface area contributed by atoms with E-state index in [2.05, 4.69) is 5.32 Å². The molecule has 1 aromatic rings. The van der Waals surface area contributed by atoms with E-state index in [0.717, 1.165) is 12.2 Å². The molecule has 0 radical (unpaired) electrons. The van der Waals surface area contributed by atoms with E-state index in [0.29, 0.717) is 25.0 Å². The van der Waals surface area contributed by atoms with Crippen molar-refractivity contribution in [3.8, 4) is 5.75 Å². The molecule has 0 heterocycles. The fourth-order valence-electron chi connectivity index (χ4n) is 1.89. The Hall–Kier alpha value is -2.04. The predicted molar refractivity (Wildman–Crippen MR) is 73.9 cm³/mol. The lowest BCUT2D eigenvalue weighted by molar-refractivity contribution is -0.143. The lowest BCUT2D eigenvalue weighted by Crippen LogP contribution is -2.34. The molecule has 0 unspecified atom stereocenters. The zero-order valence-electron chi connectivity index (χ0n) is 11.5. The molecule has 5 heteroatoms. The van der Waals surface area contributed by atoms with E-state index < -0.39 is 11.4 Å². The Labute approximate surface area is 117 Å². The Morgan fingerprint density at radius 1 is 1.30 bits per heavy atom. The van der Waals surface area contributed by atoms with Crippen LogP contribution in [0.25, 0.3) is 0 Å². The third-order valence-corrected chi connectivity index (χ3v) is 3.48. The molecule has 0 spiro atoms. The lowest BCUT2D eigenvalue weighted by Gasteiger charge is -2.11. The van der Waals surface area contributed by atoms with E-state index in [1.807, 2.05) is 6.92 Å². The summed E-state index contributed by atoms with van der Waals surface area (Å²) in [5.74, 6) is -0.353. The number of benzene rings is 1. The summed E-state index contributed by atoms with van der Waals surface area (Å²) in [6.45, 7) is 2.86. The number of nitrogens with one attached hydrogen (secondary N) is 1. The minimum Gasteiger partial charge on any atom is -0.494 e. The lowest BCUT2D eigenvalue weighted by atomic mass is 10.1. The van der Waals surface area contributed by atoms with Crippen LogP contribution in [0.15, 0.2) is 24.3 Å². The van der Waals surface area contributed by atoms with Crippen LogP contribution in [-0.4, -0.2) is 30.1 Å². The highest BCUT2D eigenvalue weighted by Gasteiger charge is 2.50. The molecule has 0 aliphatic heterocycles. The van der Waals surface area contributed by atoms with Crippen LogP contribution in [0.4, 0.5) is 0 Å². The van der Waals surface area contributed by atoms with E-state index in [-0.39, 0.29) is 12.5 Å². The van der Waals surface area contributed by atoms with Gasteiger partial charge in [0.15, 0.2) is 0 Å². The van der Waals surface area contributed by atoms with E-state index in [9.17, 15) is 9.59 Å². The number of carbonyl (C=O) groups excluding carboxylic acids is 1. The zero-order valence-corrected chi connectivity index (χ0v) is 11.5. The molecule has 1 fully saturated rings.